The third kappa shape index (κ3) is 1.60. The number of nitrogens with zero attached hydrogens (tertiary/aromatic N) is 2. The van der Waals surface area contributed by atoms with Gasteiger partial charge in [-0.05, 0) is 28.7 Å². The number of aryl methyl sites for hydroxylation is 1. The van der Waals surface area contributed by atoms with E-state index in [2.05, 4.69) is 27.6 Å². The molecule has 2 rings (SSSR count). The fourth-order valence-corrected chi connectivity index (χ4v) is 2.41. The molecule has 4 nitrogen and oxygen atoms in total. The van der Waals surface area contributed by atoms with E-state index in [0.29, 0.717) is 5.69 Å². The normalized spacial score (nSPS) is 10.6. The molecule has 0 aliphatic carbocycles. The minimum absolute atomic E-state index is 0.361. The first-order chi connectivity index (χ1) is 7.15. The Kier molecular flexibility index (Phi) is 2.64. The van der Waals surface area contributed by atoms with Crippen LogP contribution in [0, 0.1) is 3.57 Å². The van der Waals surface area contributed by atoms with Gasteiger partial charge in [0.2, 0.25) is 0 Å². The SMILES string of the molecule is COC(=O)c1nccc2c(I)cn(C)c12. The van der Waals surface area contributed by atoms with Crippen molar-refractivity contribution in [2.45, 2.75) is 0 Å². The monoisotopic (exact) mass is 316 g/mol. The van der Waals surface area contributed by atoms with Crippen molar-refractivity contribution >= 4 is 39.5 Å². The number of carbonyl (C=O) groups is 1. The number of hydrogen-bond acceptors (Lipinski definition) is 3. The van der Waals surface area contributed by atoms with Gasteiger partial charge in [0.15, 0.2) is 5.69 Å². The second kappa shape index (κ2) is 3.80. The molecule has 0 spiro atoms. The summed E-state index contributed by atoms with van der Waals surface area (Å²) in [5.74, 6) is -0.404. The van der Waals surface area contributed by atoms with Crippen molar-refractivity contribution in [3.63, 3.8) is 0 Å². The highest BCUT2D eigenvalue weighted by molar-refractivity contribution is 14.1. The van der Waals surface area contributed by atoms with Gasteiger partial charge >= 0.3 is 5.97 Å². The van der Waals surface area contributed by atoms with Crippen LogP contribution in [-0.4, -0.2) is 22.6 Å². The zero-order valence-electron chi connectivity index (χ0n) is 8.32. The molecule has 0 saturated heterocycles. The van der Waals surface area contributed by atoms with Gasteiger partial charge in [-0.2, -0.15) is 0 Å². The van der Waals surface area contributed by atoms with E-state index >= 15 is 0 Å². The lowest BCUT2D eigenvalue weighted by Gasteiger charge is -2.02. The number of pyridine rings is 1. The van der Waals surface area contributed by atoms with Gasteiger partial charge in [0, 0.05) is 28.4 Å². The van der Waals surface area contributed by atoms with Crippen molar-refractivity contribution in [1.29, 1.82) is 0 Å². The molecule has 0 aliphatic rings. The van der Waals surface area contributed by atoms with Gasteiger partial charge in [0.05, 0.1) is 12.6 Å². The maximum Gasteiger partial charge on any atom is 0.358 e. The van der Waals surface area contributed by atoms with Crippen molar-refractivity contribution in [2.75, 3.05) is 7.11 Å². The zero-order chi connectivity index (χ0) is 11.0. The van der Waals surface area contributed by atoms with Crippen LogP contribution in [-0.2, 0) is 11.8 Å². The fraction of sp³-hybridized carbons (Fsp3) is 0.200. The summed E-state index contributed by atoms with van der Waals surface area (Å²) in [5.41, 5.74) is 1.18. The summed E-state index contributed by atoms with van der Waals surface area (Å²) in [7, 11) is 3.25. The molecule has 0 aromatic carbocycles. The molecule has 0 unspecified atom stereocenters. The molecule has 0 fully saturated rings. The predicted molar refractivity (Wildman–Crippen MR) is 64.8 cm³/mol. The first-order valence-corrected chi connectivity index (χ1v) is 5.41. The predicted octanol–water partition coefficient (Wildman–Crippen LogP) is 1.96. The number of hydrogen-bond donors (Lipinski definition) is 0. The first kappa shape index (κ1) is 10.4. The molecule has 2 aromatic rings. The van der Waals surface area contributed by atoms with Gasteiger partial charge in [-0.15, -0.1) is 0 Å². The van der Waals surface area contributed by atoms with Crippen LogP contribution in [0.1, 0.15) is 10.5 Å². The molecular weight excluding hydrogens is 307 g/mol. The van der Waals surface area contributed by atoms with E-state index in [4.69, 9.17) is 4.74 Å². The van der Waals surface area contributed by atoms with Crippen molar-refractivity contribution in [3.8, 4) is 0 Å². The molecule has 0 saturated carbocycles. The number of halogens is 1. The first-order valence-electron chi connectivity index (χ1n) is 4.33. The minimum atomic E-state index is -0.404. The number of methoxy groups -OCH3 is 1. The average molecular weight is 316 g/mol. The maximum absolute atomic E-state index is 11.5. The molecule has 0 amide bonds. The van der Waals surface area contributed by atoms with E-state index < -0.39 is 5.97 Å². The van der Waals surface area contributed by atoms with Crippen LogP contribution >= 0.6 is 22.6 Å². The Morgan fingerprint density at radius 3 is 3.00 bits per heavy atom. The lowest BCUT2D eigenvalue weighted by molar-refractivity contribution is 0.0596. The van der Waals surface area contributed by atoms with Crippen LogP contribution in [0.3, 0.4) is 0 Å². The molecule has 2 heterocycles. The molecule has 0 N–H and O–H groups in total. The Balaban J connectivity index is 2.80. The molecule has 0 bridgehead atoms. The number of esters is 1. The van der Waals surface area contributed by atoms with Crippen LogP contribution < -0.4 is 0 Å². The Morgan fingerprint density at radius 1 is 1.60 bits per heavy atom. The highest BCUT2D eigenvalue weighted by Crippen LogP contribution is 2.24. The highest BCUT2D eigenvalue weighted by atomic mass is 127. The molecule has 0 aliphatic heterocycles. The largest absolute Gasteiger partial charge is 0.464 e. The summed E-state index contributed by atoms with van der Waals surface area (Å²) in [6, 6.07) is 1.89. The Morgan fingerprint density at radius 2 is 2.33 bits per heavy atom. The molecule has 15 heavy (non-hydrogen) atoms. The summed E-state index contributed by atoms with van der Waals surface area (Å²) in [6.07, 6.45) is 3.58. The van der Waals surface area contributed by atoms with Crippen LogP contribution in [0.5, 0.6) is 0 Å². The second-order valence-corrected chi connectivity index (χ2v) is 4.30. The van der Waals surface area contributed by atoms with Crippen molar-refractivity contribution in [2.24, 2.45) is 7.05 Å². The summed E-state index contributed by atoms with van der Waals surface area (Å²) >= 11 is 2.23. The van der Waals surface area contributed by atoms with Gasteiger partial charge in [-0.1, -0.05) is 0 Å². The topological polar surface area (TPSA) is 44.1 Å². The Bertz CT molecular complexity index is 533. The molecule has 0 radical (unpaired) electrons. The van der Waals surface area contributed by atoms with Gasteiger partial charge < -0.3 is 9.30 Å². The van der Waals surface area contributed by atoms with Crippen molar-refractivity contribution in [1.82, 2.24) is 9.55 Å². The number of ether oxygens (including phenoxy) is 1. The quantitative estimate of drug-likeness (QED) is 0.597. The number of aromatic nitrogens is 2. The van der Waals surface area contributed by atoms with Gasteiger partial charge in [0.1, 0.15) is 0 Å². The van der Waals surface area contributed by atoms with E-state index in [1.165, 1.54) is 7.11 Å². The van der Waals surface area contributed by atoms with E-state index in [0.717, 1.165) is 14.5 Å². The number of carbonyl (C=O) groups excluding carboxylic acids is 1. The Labute approximate surface area is 100 Å². The van der Waals surface area contributed by atoms with Gasteiger partial charge in [0.25, 0.3) is 0 Å². The molecule has 5 heteroatoms. The van der Waals surface area contributed by atoms with Crippen molar-refractivity contribution < 1.29 is 9.53 Å². The number of rotatable bonds is 1. The van der Waals surface area contributed by atoms with Crippen molar-refractivity contribution in [3.05, 3.63) is 27.7 Å². The standard InChI is InChI=1S/C10H9IN2O2/c1-13-5-7(11)6-3-4-12-8(9(6)13)10(14)15-2/h3-5H,1-2H3. The zero-order valence-corrected chi connectivity index (χ0v) is 10.5. The summed E-state index contributed by atoms with van der Waals surface area (Å²) in [4.78, 5) is 15.5. The van der Waals surface area contributed by atoms with E-state index in [9.17, 15) is 4.79 Å². The third-order valence-corrected chi connectivity index (χ3v) is 3.08. The molecule has 78 valence electrons. The van der Waals surface area contributed by atoms with Gasteiger partial charge in [-0.25, -0.2) is 9.78 Å². The Hall–Kier alpha value is -1.11. The minimum Gasteiger partial charge on any atom is -0.464 e. The summed E-state index contributed by atoms with van der Waals surface area (Å²) in [5, 5.41) is 1.02. The summed E-state index contributed by atoms with van der Waals surface area (Å²) < 4.78 is 7.67. The molecule has 0 atom stereocenters. The van der Waals surface area contributed by atoms with E-state index in [1.54, 1.807) is 6.20 Å². The highest BCUT2D eigenvalue weighted by Gasteiger charge is 2.16. The van der Waals surface area contributed by atoms with Crippen LogP contribution in [0.2, 0.25) is 0 Å². The van der Waals surface area contributed by atoms with Crippen LogP contribution in [0.15, 0.2) is 18.5 Å². The smallest absolute Gasteiger partial charge is 0.358 e. The molecular formula is C10H9IN2O2. The lowest BCUT2D eigenvalue weighted by atomic mass is 10.2. The lowest BCUT2D eigenvalue weighted by Crippen LogP contribution is -2.06. The fourth-order valence-electron chi connectivity index (χ4n) is 1.55. The molecule has 2 aromatic heterocycles. The average Bonchev–Trinajstić information content (AvgIpc) is 2.54. The van der Waals surface area contributed by atoms with Crippen LogP contribution in [0.25, 0.3) is 10.9 Å². The summed E-state index contributed by atoms with van der Waals surface area (Å²) in [6.45, 7) is 0. The van der Waals surface area contributed by atoms with Crippen LogP contribution in [0.4, 0.5) is 0 Å². The second-order valence-electron chi connectivity index (χ2n) is 3.14. The van der Waals surface area contributed by atoms with Gasteiger partial charge in [-0.3, -0.25) is 0 Å². The van der Waals surface area contributed by atoms with E-state index in [1.807, 2.05) is 23.9 Å². The maximum atomic E-state index is 11.5. The number of fused-ring (bicyclic) bond motifs is 1. The van der Waals surface area contributed by atoms with E-state index in [-0.39, 0.29) is 0 Å². The third-order valence-electron chi connectivity index (χ3n) is 2.22.